The third-order valence-corrected chi connectivity index (χ3v) is 4.08. The van der Waals surface area contributed by atoms with E-state index in [-0.39, 0.29) is 6.04 Å². The molecular formula is C15H14BrClN2O. The maximum absolute atomic E-state index is 6.24. The fraction of sp³-hybridized carbons (Fsp3) is 0.267. The highest BCUT2D eigenvalue weighted by atomic mass is 79.9. The minimum atomic E-state index is -0.171. The maximum Gasteiger partial charge on any atom is 0.125 e. The number of nitrogens with two attached hydrogens (primary N) is 1. The van der Waals surface area contributed by atoms with Gasteiger partial charge in [0.25, 0.3) is 0 Å². The molecule has 0 spiro atoms. The normalized spacial score (nSPS) is 14.8. The number of fused-ring (bicyclic) bond motifs is 1. The summed E-state index contributed by atoms with van der Waals surface area (Å²) in [4.78, 5) is 4.28. The molecule has 20 heavy (non-hydrogen) atoms. The van der Waals surface area contributed by atoms with Crippen molar-refractivity contribution in [1.29, 1.82) is 0 Å². The molecule has 0 amide bonds. The van der Waals surface area contributed by atoms with Crippen molar-refractivity contribution in [1.82, 2.24) is 4.98 Å². The van der Waals surface area contributed by atoms with Crippen LogP contribution in [-0.4, -0.2) is 11.6 Å². The number of pyridine rings is 1. The van der Waals surface area contributed by atoms with Crippen molar-refractivity contribution >= 4 is 27.5 Å². The van der Waals surface area contributed by atoms with E-state index in [4.69, 9.17) is 22.1 Å². The molecule has 0 aliphatic carbocycles. The van der Waals surface area contributed by atoms with E-state index in [1.165, 1.54) is 5.56 Å². The number of benzene rings is 1. The summed E-state index contributed by atoms with van der Waals surface area (Å²) in [5.74, 6) is 0.984. The molecule has 0 bridgehead atoms. The number of hydrogen-bond acceptors (Lipinski definition) is 3. The van der Waals surface area contributed by atoms with E-state index in [0.717, 1.165) is 34.5 Å². The van der Waals surface area contributed by atoms with Crippen molar-refractivity contribution < 1.29 is 4.74 Å². The third-order valence-electron chi connectivity index (χ3n) is 3.40. The number of nitrogens with zero attached hydrogens (tertiary/aromatic N) is 1. The Hall–Kier alpha value is -1.10. The van der Waals surface area contributed by atoms with Crippen LogP contribution in [0.4, 0.5) is 0 Å². The standard InChI is InChI=1S/C15H14BrClN2O/c16-11-5-9-3-4-20-15(9)10(6-11)7-13(18)14-2-1-12(17)8-19-14/h1-2,5-6,8,13H,3-4,7,18H2. The molecule has 1 unspecified atom stereocenters. The molecule has 2 N–H and O–H groups in total. The molecule has 0 saturated carbocycles. The van der Waals surface area contributed by atoms with Crippen LogP contribution in [-0.2, 0) is 12.8 Å². The molecule has 2 aromatic rings. The first-order valence-corrected chi connectivity index (χ1v) is 7.61. The molecule has 3 rings (SSSR count). The Morgan fingerprint density at radius 2 is 2.25 bits per heavy atom. The Labute approximate surface area is 131 Å². The SMILES string of the molecule is NC(Cc1cc(Br)cc2c1OCC2)c1ccc(Cl)cn1. The van der Waals surface area contributed by atoms with Crippen molar-refractivity contribution in [2.45, 2.75) is 18.9 Å². The lowest BCUT2D eigenvalue weighted by Crippen LogP contribution is -2.15. The highest BCUT2D eigenvalue weighted by Crippen LogP contribution is 2.34. The van der Waals surface area contributed by atoms with Crippen molar-refractivity contribution in [3.8, 4) is 5.75 Å². The highest BCUT2D eigenvalue weighted by molar-refractivity contribution is 9.10. The van der Waals surface area contributed by atoms with Crippen molar-refractivity contribution in [2.24, 2.45) is 5.73 Å². The third kappa shape index (κ3) is 2.82. The zero-order valence-corrected chi connectivity index (χ0v) is 13.1. The van der Waals surface area contributed by atoms with Crippen LogP contribution in [0.25, 0.3) is 0 Å². The molecule has 2 heterocycles. The number of rotatable bonds is 3. The van der Waals surface area contributed by atoms with Gasteiger partial charge in [-0.2, -0.15) is 0 Å². The molecule has 3 nitrogen and oxygen atoms in total. The summed E-state index contributed by atoms with van der Waals surface area (Å²) in [5, 5.41) is 0.618. The van der Waals surface area contributed by atoms with E-state index in [9.17, 15) is 0 Å². The minimum Gasteiger partial charge on any atom is -0.493 e. The quantitative estimate of drug-likeness (QED) is 0.916. The van der Waals surface area contributed by atoms with Crippen LogP contribution in [0.15, 0.2) is 34.9 Å². The predicted molar refractivity (Wildman–Crippen MR) is 83.2 cm³/mol. The van der Waals surface area contributed by atoms with Gasteiger partial charge in [-0.05, 0) is 41.8 Å². The lowest BCUT2D eigenvalue weighted by atomic mass is 10.00. The van der Waals surface area contributed by atoms with Gasteiger partial charge < -0.3 is 10.5 Å². The minimum absolute atomic E-state index is 0.171. The number of ether oxygens (including phenoxy) is 1. The zero-order chi connectivity index (χ0) is 14.1. The molecule has 0 radical (unpaired) electrons. The summed E-state index contributed by atoms with van der Waals surface area (Å²) in [6.07, 6.45) is 3.27. The molecule has 0 saturated heterocycles. The van der Waals surface area contributed by atoms with Crippen LogP contribution in [0.5, 0.6) is 5.75 Å². The predicted octanol–water partition coefficient (Wildman–Crippen LogP) is 3.67. The van der Waals surface area contributed by atoms with Gasteiger partial charge in [-0.1, -0.05) is 27.5 Å². The van der Waals surface area contributed by atoms with Crippen LogP contribution in [0.3, 0.4) is 0 Å². The first-order chi connectivity index (χ1) is 9.63. The van der Waals surface area contributed by atoms with E-state index in [1.54, 1.807) is 6.20 Å². The highest BCUT2D eigenvalue weighted by Gasteiger charge is 2.19. The molecule has 104 valence electrons. The van der Waals surface area contributed by atoms with Gasteiger partial charge in [0, 0.05) is 17.1 Å². The van der Waals surface area contributed by atoms with Crippen LogP contribution >= 0.6 is 27.5 Å². The van der Waals surface area contributed by atoms with Gasteiger partial charge >= 0.3 is 0 Å². The summed E-state index contributed by atoms with van der Waals surface area (Å²) in [6, 6.07) is 7.69. The van der Waals surface area contributed by atoms with Gasteiger partial charge in [-0.25, -0.2) is 0 Å². The average molecular weight is 354 g/mol. The molecule has 1 aliphatic rings. The van der Waals surface area contributed by atoms with Crippen LogP contribution in [0.1, 0.15) is 22.9 Å². The van der Waals surface area contributed by atoms with Gasteiger partial charge in [0.2, 0.25) is 0 Å². The van der Waals surface area contributed by atoms with Gasteiger partial charge in [0.15, 0.2) is 0 Å². The Bertz CT molecular complexity index is 631. The maximum atomic E-state index is 6.24. The molecular weight excluding hydrogens is 340 g/mol. The number of aromatic nitrogens is 1. The molecule has 0 fully saturated rings. The monoisotopic (exact) mass is 352 g/mol. The Balaban J connectivity index is 1.86. The first kappa shape index (κ1) is 13.9. The lowest BCUT2D eigenvalue weighted by molar-refractivity contribution is 0.352. The second-order valence-electron chi connectivity index (χ2n) is 4.86. The summed E-state index contributed by atoms with van der Waals surface area (Å²) < 4.78 is 6.79. The van der Waals surface area contributed by atoms with E-state index < -0.39 is 0 Å². The second kappa shape index (κ2) is 5.72. The van der Waals surface area contributed by atoms with E-state index in [2.05, 4.69) is 33.0 Å². The van der Waals surface area contributed by atoms with Crippen LogP contribution in [0.2, 0.25) is 5.02 Å². The van der Waals surface area contributed by atoms with Crippen molar-refractivity contribution in [2.75, 3.05) is 6.61 Å². The topological polar surface area (TPSA) is 48.1 Å². The van der Waals surface area contributed by atoms with Crippen LogP contribution < -0.4 is 10.5 Å². The first-order valence-electron chi connectivity index (χ1n) is 6.44. The molecule has 1 aliphatic heterocycles. The molecule has 1 atom stereocenters. The molecule has 5 heteroatoms. The average Bonchev–Trinajstić information content (AvgIpc) is 2.87. The van der Waals surface area contributed by atoms with Gasteiger partial charge in [0.1, 0.15) is 5.75 Å². The Morgan fingerprint density at radius 3 is 3.00 bits per heavy atom. The fourth-order valence-corrected chi connectivity index (χ4v) is 3.11. The molecule has 1 aromatic carbocycles. The van der Waals surface area contributed by atoms with Crippen LogP contribution in [0, 0.1) is 0 Å². The summed E-state index contributed by atoms with van der Waals surface area (Å²) >= 11 is 9.39. The van der Waals surface area contributed by atoms with Crippen molar-refractivity contribution in [3.63, 3.8) is 0 Å². The summed E-state index contributed by atoms with van der Waals surface area (Å²) in [7, 11) is 0. The van der Waals surface area contributed by atoms with Gasteiger partial charge in [-0.3, -0.25) is 4.98 Å². The Kier molecular flexibility index (Phi) is 3.96. The lowest BCUT2D eigenvalue weighted by Gasteiger charge is -2.14. The zero-order valence-electron chi connectivity index (χ0n) is 10.8. The summed E-state index contributed by atoms with van der Waals surface area (Å²) in [5.41, 5.74) is 9.44. The smallest absolute Gasteiger partial charge is 0.125 e. The molecule has 1 aromatic heterocycles. The second-order valence-corrected chi connectivity index (χ2v) is 6.22. The number of halogens is 2. The fourth-order valence-electron chi connectivity index (χ4n) is 2.45. The van der Waals surface area contributed by atoms with E-state index >= 15 is 0 Å². The van der Waals surface area contributed by atoms with E-state index in [1.807, 2.05) is 12.1 Å². The van der Waals surface area contributed by atoms with Gasteiger partial charge in [-0.15, -0.1) is 0 Å². The van der Waals surface area contributed by atoms with Gasteiger partial charge in [0.05, 0.1) is 23.4 Å². The Morgan fingerprint density at radius 1 is 1.40 bits per heavy atom. The number of hydrogen-bond donors (Lipinski definition) is 1. The summed E-state index contributed by atoms with van der Waals surface area (Å²) in [6.45, 7) is 0.743. The van der Waals surface area contributed by atoms with E-state index in [0.29, 0.717) is 11.4 Å². The largest absolute Gasteiger partial charge is 0.493 e. The van der Waals surface area contributed by atoms with Crippen molar-refractivity contribution in [3.05, 3.63) is 56.8 Å².